The standard InChI is InChI=1S/C21H28N4O3/c1-5-24(6-2)15-17-10-8-7-9-16(17)14-22-21(26)19-13-18(25(27)28)11-12-20(19)23(3)4/h7-13H,5-6,14-15H2,1-4H3,(H,22,26). The fourth-order valence-electron chi connectivity index (χ4n) is 3.05. The summed E-state index contributed by atoms with van der Waals surface area (Å²) in [4.78, 5) is 27.5. The number of anilines is 1. The third kappa shape index (κ3) is 5.29. The average Bonchev–Trinajstić information content (AvgIpc) is 2.70. The quantitative estimate of drug-likeness (QED) is 0.529. The molecule has 1 N–H and O–H groups in total. The van der Waals surface area contributed by atoms with E-state index >= 15 is 0 Å². The fraction of sp³-hybridized carbons (Fsp3) is 0.381. The zero-order valence-electron chi connectivity index (χ0n) is 16.9. The number of nitro benzene ring substituents is 1. The van der Waals surface area contributed by atoms with Crippen molar-refractivity contribution in [1.29, 1.82) is 0 Å². The van der Waals surface area contributed by atoms with Crippen molar-refractivity contribution in [1.82, 2.24) is 10.2 Å². The van der Waals surface area contributed by atoms with Crippen molar-refractivity contribution in [3.05, 3.63) is 69.3 Å². The lowest BCUT2D eigenvalue weighted by Crippen LogP contribution is -2.27. The highest BCUT2D eigenvalue weighted by molar-refractivity contribution is 6.00. The second-order valence-corrected chi connectivity index (χ2v) is 6.77. The van der Waals surface area contributed by atoms with Gasteiger partial charge in [-0.25, -0.2) is 0 Å². The van der Waals surface area contributed by atoms with E-state index in [2.05, 4.69) is 30.1 Å². The van der Waals surface area contributed by atoms with E-state index in [1.54, 1.807) is 25.1 Å². The van der Waals surface area contributed by atoms with Crippen molar-refractivity contribution in [3.63, 3.8) is 0 Å². The molecule has 0 aromatic heterocycles. The van der Waals surface area contributed by atoms with Gasteiger partial charge < -0.3 is 10.2 Å². The van der Waals surface area contributed by atoms with Gasteiger partial charge in [-0.2, -0.15) is 0 Å². The molecule has 0 aliphatic heterocycles. The van der Waals surface area contributed by atoms with Gasteiger partial charge in [-0.3, -0.25) is 19.8 Å². The molecule has 7 heteroatoms. The highest BCUT2D eigenvalue weighted by Crippen LogP contribution is 2.24. The van der Waals surface area contributed by atoms with Crippen LogP contribution in [0.15, 0.2) is 42.5 Å². The lowest BCUT2D eigenvalue weighted by molar-refractivity contribution is -0.384. The molecule has 0 atom stereocenters. The lowest BCUT2D eigenvalue weighted by atomic mass is 10.1. The van der Waals surface area contributed by atoms with Gasteiger partial charge in [0.05, 0.1) is 10.5 Å². The summed E-state index contributed by atoms with van der Waals surface area (Å²) in [6.07, 6.45) is 0. The van der Waals surface area contributed by atoms with Gasteiger partial charge in [0.2, 0.25) is 0 Å². The van der Waals surface area contributed by atoms with Crippen molar-refractivity contribution in [2.75, 3.05) is 32.1 Å². The Balaban J connectivity index is 2.21. The van der Waals surface area contributed by atoms with E-state index in [0.29, 0.717) is 17.8 Å². The summed E-state index contributed by atoms with van der Waals surface area (Å²) in [6, 6.07) is 12.3. The molecule has 2 aromatic rings. The summed E-state index contributed by atoms with van der Waals surface area (Å²) < 4.78 is 0. The molecular weight excluding hydrogens is 356 g/mol. The molecular formula is C21H28N4O3. The lowest BCUT2D eigenvalue weighted by Gasteiger charge is -2.21. The molecule has 1 amide bonds. The van der Waals surface area contributed by atoms with Crippen LogP contribution in [-0.4, -0.2) is 42.9 Å². The van der Waals surface area contributed by atoms with Gasteiger partial charge in [0.25, 0.3) is 11.6 Å². The molecule has 0 unspecified atom stereocenters. The Kier molecular flexibility index (Phi) is 7.52. The number of benzene rings is 2. The number of nitro groups is 1. The Hall–Kier alpha value is -2.93. The van der Waals surface area contributed by atoms with Gasteiger partial charge in [-0.1, -0.05) is 38.1 Å². The van der Waals surface area contributed by atoms with Crippen molar-refractivity contribution < 1.29 is 9.72 Å². The zero-order chi connectivity index (χ0) is 20.7. The molecule has 150 valence electrons. The van der Waals surface area contributed by atoms with Gasteiger partial charge in [-0.15, -0.1) is 0 Å². The zero-order valence-corrected chi connectivity index (χ0v) is 16.9. The van der Waals surface area contributed by atoms with Crippen LogP contribution in [-0.2, 0) is 13.1 Å². The molecule has 28 heavy (non-hydrogen) atoms. The molecule has 0 aliphatic carbocycles. The second kappa shape index (κ2) is 9.85. The van der Waals surface area contributed by atoms with Crippen LogP contribution in [0.3, 0.4) is 0 Å². The molecule has 0 spiro atoms. The number of nitrogens with zero attached hydrogens (tertiary/aromatic N) is 3. The number of carbonyl (C=O) groups excluding carboxylic acids is 1. The van der Waals surface area contributed by atoms with Gasteiger partial charge in [0, 0.05) is 45.0 Å². The Morgan fingerprint density at radius 1 is 1.07 bits per heavy atom. The third-order valence-corrected chi connectivity index (χ3v) is 4.76. The van der Waals surface area contributed by atoms with Gasteiger partial charge in [0.1, 0.15) is 0 Å². The number of non-ortho nitro benzene ring substituents is 1. The van der Waals surface area contributed by atoms with Crippen molar-refractivity contribution >= 4 is 17.3 Å². The topological polar surface area (TPSA) is 78.7 Å². The largest absolute Gasteiger partial charge is 0.377 e. The van der Waals surface area contributed by atoms with E-state index in [4.69, 9.17) is 0 Å². The predicted molar refractivity (Wildman–Crippen MR) is 112 cm³/mol. The number of nitrogens with one attached hydrogen (secondary N) is 1. The number of hydrogen-bond donors (Lipinski definition) is 1. The average molecular weight is 384 g/mol. The van der Waals surface area contributed by atoms with Crippen molar-refractivity contribution in [3.8, 4) is 0 Å². The van der Waals surface area contributed by atoms with E-state index in [-0.39, 0.29) is 11.6 Å². The number of carbonyl (C=O) groups is 1. The summed E-state index contributed by atoms with van der Waals surface area (Å²) in [5, 5.41) is 14.0. The second-order valence-electron chi connectivity index (χ2n) is 6.77. The molecule has 0 aliphatic rings. The van der Waals surface area contributed by atoms with Crippen molar-refractivity contribution in [2.24, 2.45) is 0 Å². The SMILES string of the molecule is CCN(CC)Cc1ccccc1CNC(=O)c1cc([N+](=O)[O-])ccc1N(C)C. The van der Waals surface area contributed by atoms with Crippen molar-refractivity contribution in [2.45, 2.75) is 26.9 Å². The summed E-state index contributed by atoms with van der Waals surface area (Å²) in [5.74, 6) is -0.329. The maximum Gasteiger partial charge on any atom is 0.270 e. The maximum absolute atomic E-state index is 12.8. The minimum Gasteiger partial charge on any atom is -0.377 e. The highest BCUT2D eigenvalue weighted by Gasteiger charge is 2.18. The molecule has 0 saturated heterocycles. The molecule has 0 radical (unpaired) electrons. The van der Waals surface area contributed by atoms with Crippen LogP contribution in [0.25, 0.3) is 0 Å². The Morgan fingerprint density at radius 3 is 2.29 bits per heavy atom. The summed E-state index contributed by atoms with van der Waals surface area (Å²) in [5.41, 5.74) is 3.04. The van der Waals surface area contributed by atoms with Gasteiger partial charge in [0.15, 0.2) is 0 Å². The minimum absolute atomic E-state index is 0.0994. The molecule has 0 saturated carbocycles. The third-order valence-electron chi connectivity index (χ3n) is 4.76. The Morgan fingerprint density at radius 2 is 1.71 bits per heavy atom. The molecule has 0 heterocycles. The highest BCUT2D eigenvalue weighted by atomic mass is 16.6. The monoisotopic (exact) mass is 384 g/mol. The first-order valence-corrected chi connectivity index (χ1v) is 9.40. The first-order chi connectivity index (χ1) is 13.4. The van der Waals surface area contributed by atoms with Crippen LogP contribution in [0.1, 0.15) is 35.3 Å². The smallest absolute Gasteiger partial charge is 0.270 e. The molecule has 2 aromatic carbocycles. The summed E-state index contributed by atoms with van der Waals surface area (Å²) in [6.45, 7) is 7.34. The van der Waals surface area contributed by atoms with E-state index in [1.807, 2.05) is 18.2 Å². The Bertz CT molecular complexity index is 832. The number of amides is 1. The molecule has 7 nitrogen and oxygen atoms in total. The van der Waals surface area contributed by atoms with Gasteiger partial charge in [-0.05, 0) is 30.3 Å². The van der Waals surface area contributed by atoms with Crippen LogP contribution >= 0.6 is 0 Å². The number of rotatable bonds is 9. The van der Waals surface area contributed by atoms with Crippen LogP contribution < -0.4 is 10.2 Å². The first kappa shape index (κ1) is 21.4. The summed E-state index contributed by atoms with van der Waals surface area (Å²) >= 11 is 0. The van der Waals surface area contributed by atoms with Gasteiger partial charge >= 0.3 is 0 Å². The predicted octanol–water partition coefficient (Wildman–Crippen LogP) is 3.43. The molecule has 0 fully saturated rings. The molecule has 2 rings (SSSR count). The maximum atomic E-state index is 12.8. The van der Waals surface area contributed by atoms with E-state index in [1.165, 1.54) is 17.7 Å². The van der Waals surface area contributed by atoms with Crippen LogP contribution in [0.5, 0.6) is 0 Å². The summed E-state index contributed by atoms with van der Waals surface area (Å²) in [7, 11) is 3.61. The van der Waals surface area contributed by atoms with E-state index in [9.17, 15) is 14.9 Å². The van der Waals surface area contributed by atoms with Crippen LogP contribution in [0, 0.1) is 10.1 Å². The normalized spacial score (nSPS) is 10.8. The van der Waals surface area contributed by atoms with E-state index < -0.39 is 4.92 Å². The fourth-order valence-corrected chi connectivity index (χ4v) is 3.05. The molecule has 0 bridgehead atoms. The Labute approximate surface area is 166 Å². The van der Waals surface area contributed by atoms with Crippen LogP contribution in [0.4, 0.5) is 11.4 Å². The first-order valence-electron chi connectivity index (χ1n) is 9.40. The number of hydrogen-bond acceptors (Lipinski definition) is 5. The van der Waals surface area contributed by atoms with E-state index in [0.717, 1.165) is 25.2 Å². The van der Waals surface area contributed by atoms with Crippen LogP contribution in [0.2, 0.25) is 0 Å². The minimum atomic E-state index is -0.490.